The molecule has 1 aromatic heterocycles. The largest absolute Gasteiger partial charge is 0.303 e. The Morgan fingerprint density at radius 3 is 2.58 bits per heavy atom. The monoisotopic (exact) mass is 495 g/mol. The van der Waals surface area contributed by atoms with Gasteiger partial charge in [0.25, 0.3) is 15.9 Å². The van der Waals surface area contributed by atoms with Gasteiger partial charge in [0, 0.05) is 0 Å². The number of fused-ring (bicyclic) bond motifs is 1. The lowest BCUT2D eigenvalue weighted by Gasteiger charge is -2.11. The van der Waals surface area contributed by atoms with Crippen molar-refractivity contribution in [2.75, 3.05) is 4.72 Å². The number of aryl methyl sites for hydroxylation is 1. The van der Waals surface area contributed by atoms with Crippen LogP contribution in [-0.4, -0.2) is 18.9 Å². The Balaban J connectivity index is 1.77. The quantitative estimate of drug-likeness (QED) is 0.402. The number of halogens is 1. The Bertz CT molecular complexity index is 1580. The number of nitrogens with zero attached hydrogens (tertiary/aromatic N) is 2. The molecule has 0 unspecified atom stereocenters. The number of aromatic nitrogens is 1. The van der Waals surface area contributed by atoms with Gasteiger partial charge in [-0.15, -0.1) is 6.42 Å². The van der Waals surface area contributed by atoms with E-state index in [-0.39, 0.29) is 22.7 Å². The van der Waals surface area contributed by atoms with Crippen molar-refractivity contribution in [3.8, 4) is 12.3 Å². The highest BCUT2D eigenvalue weighted by atomic mass is 35.5. The Hall–Kier alpha value is -3.38. The van der Waals surface area contributed by atoms with E-state index in [9.17, 15) is 13.2 Å². The number of sulfonamides is 1. The lowest BCUT2D eigenvalue weighted by molar-refractivity contribution is 0.0998. The molecule has 0 atom stereocenters. The van der Waals surface area contributed by atoms with Crippen molar-refractivity contribution in [3.63, 3.8) is 0 Å². The molecule has 0 bridgehead atoms. The molecule has 6 nitrogen and oxygen atoms in total. The molecule has 0 aliphatic rings. The summed E-state index contributed by atoms with van der Waals surface area (Å²) in [5, 5.41) is 0.499. The van der Waals surface area contributed by atoms with Crippen molar-refractivity contribution in [3.05, 3.63) is 87.7 Å². The number of thiazole rings is 1. The van der Waals surface area contributed by atoms with Crippen LogP contribution < -0.4 is 9.52 Å². The SMILES string of the molecule is C#CCn1c(=NC(=O)c2ccccc2NS(=O)(=O)c2ccc(C)cc2)sc2cccc(Cl)c21. The van der Waals surface area contributed by atoms with Crippen molar-refractivity contribution in [1.29, 1.82) is 0 Å². The molecule has 0 fully saturated rings. The molecule has 0 aliphatic carbocycles. The molecule has 1 N–H and O–H groups in total. The molecule has 0 spiro atoms. The molecule has 33 heavy (non-hydrogen) atoms. The van der Waals surface area contributed by atoms with Crippen LogP contribution in [0.25, 0.3) is 10.2 Å². The molecule has 0 radical (unpaired) electrons. The maximum atomic E-state index is 13.1. The summed E-state index contributed by atoms with van der Waals surface area (Å²) in [5.74, 6) is 1.95. The molecule has 166 valence electrons. The zero-order chi connectivity index (χ0) is 23.6. The Kier molecular flexibility index (Phi) is 6.38. The first-order valence-corrected chi connectivity index (χ1v) is 12.5. The molecule has 0 aliphatic heterocycles. The first-order chi connectivity index (χ1) is 15.8. The number of amides is 1. The van der Waals surface area contributed by atoms with E-state index in [1.165, 1.54) is 35.6 Å². The van der Waals surface area contributed by atoms with Gasteiger partial charge in [-0.25, -0.2) is 8.42 Å². The second kappa shape index (κ2) is 9.24. The van der Waals surface area contributed by atoms with Crippen LogP contribution in [0.3, 0.4) is 0 Å². The number of para-hydroxylation sites is 2. The Labute approximate surface area is 200 Å². The molecule has 4 rings (SSSR count). The first-order valence-electron chi connectivity index (χ1n) is 9.79. The number of carbonyl (C=O) groups excluding carboxylic acids is 1. The number of rotatable bonds is 5. The van der Waals surface area contributed by atoms with Crippen LogP contribution in [0, 0.1) is 19.3 Å². The Morgan fingerprint density at radius 1 is 1.12 bits per heavy atom. The number of nitrogens with one attached hydrogen (secondary N) is 1. The number of anilines is 1. The summed E-state index contributed by atoms with van der Waals surface area (Å²) in [4.78, 5) is 17.9. The summed E-state index contributed by atoms with van der Waals surface area (Å²) in [7, 11) is -3.89. The van der Waals surface area contributed by atoms with Gasteiger partial charge in [-0.05, 0) is 43.3 Å². The van der Waals surface area contributed by atoms with Gasteiger partial charge in [-0.3, -0.25) is 9.52 Å². The smallest absolute Gasteiger partial charge is 0.281 e. The topological polar surface area (TPSA) is 80.5 Å². The molecular formula is C24H18ClN3O3S2. The molecular weight excluding hydrogens is 478 g/mol. The molecule has 0 saturated carbocycles. The van der Waals surface area contributed by atoms with Crippen molar-refractivity contribution < 1.29 is 13.2 Å². The van der Waals surface area contributed by atoms with Crippen LogP contribution in [0.2, 0.25) is 5.02 Å². The fourth-order valence-corrected chi connectivity index (χ4v) is 5.70. The van der Waals surface area contributed by atoms with Gasteiger partial charge >= 0.3 is 0 Å². The summed E-state index contributed by atoms with van der Waals surface area (Å²) in [6.07, 6.45) is 5.52. The number of terminal acetylenes is 1. The Morgan fingerprint density at radius 2 is 1.85 bits per heavy atom. The highest BCUT2D eigenvalue weighted by Crippen LogP contribution is 2.26. The fourth-order valence-electron chi connectivity index (χ4n) is 3.24. The van der Waals surface area contributed by atoms with Crippen LogP contribution in [0.5, 0.6) is 0 Å². The van der Waals surface area contributed by atoms with Gasteiger partial charge in [0.15, 0.2) is 4.80 Å². The van der Waals surface area contributed by atoms with Crippen molar-refractivity contribution in [1.82, 2.24) is 4.57 Å². The van der Waals surface area contributed by atoms with E-state index in [0.717, 1.165) is 10.3 Å². The maximum absolute atomic E-state index is 13.1. The third-order valence-corrected chi connectivity index (χ3v) is 7.56. The zero-order valence-electron chi connectivity index (χ0n) is 17.4. The normalized spacial score (nSPS) is 12.0. The number of hydrogen-bond donors (Lipinski definition) is 1. The van der Waals surface area contributed by atoms with Gasteiger partial charge in [-0.2, -0.15) is 4.99 Å². The molecule has 0 saturated heterocycles. The van der Waals surface area contributed by atoms with Crippen molar-refractivity contribution >= 4 is 54.8 Å². The number of hydrogen-bond acceptors (Lipinski definition) is 4. The predicted octanol–water partition coefficient (Wildman–Crippen LogP) is 4.84. The van der Waals surface area contributed by atoms with Crippen LogP contribution in [-0.2, 0) is 16.6 Å². The van der Waals surface area contributed by atoms with Crippen molar-refractivity contribution in [2.24, 2.45) is 4.99 Å². The minimum Gasteiger partial charge on any atom is -0.303 e. The molecule has 4 aromatic rings. The van der Waals surface area contributed by atoms with Gasteiger partial charge in [0.2, 0.25) is 0 Å². The fraction of sp³-hybridized carbons (Fsp3) is 0.0833. The minimum absolute atomic E-state index is 0.0956. The van der Waals surface area contributed by atoms with E-state index >= 15 is 0 Å². The van der Waals surface area contributed by atoms with Gasteiger partial charge in [-0.1, -0.05) is 64.8 Å². The van der Waals surface area contributed by atoms with E-state index in [2.05, 4.69) is 15.6 Å². The van der Waals surface area contributed by atoms with E-state index in [4.69, 9.17) is 18.0 Å². The highest BCUT2D eigenvalue weighted by molar-refractivity contribution is 7.92. The van der Waals surface area contributed by atoms with E-state index in [0.29, 0.717) is 15.3 Å². The molecule has 9 heteroatoms. The molecule has 1 heterocycles. The third kappa shape index (κ3) is 4.71. The maximum Gasteiger partial charge on any atom is 0.281 e. The zero-order valence-corrected chi connectivity index (χ0v) is 19.8. The minimum atomic E-state index is -3.89. The summed E-state index contributed by atoms with van der Waals surface area (Å²) in [5.41, 5.74) is 1.88. The van der Waals surface area contributed by atoms with Crippen LogP contribution >= 0.6 is 22.9 Å². The summed E-state index contributed by atoms with van der Waals surface area (Å²) >= 11 is 7.62. The van der Waals surface area contributed by atoms with E-state index < -0.39 is 15.9 Å². The first kappa shape index (κ1) is 22.8. The van der Waals surface area contributed by atoms with Crippen LogP contribution in [0.4, 0.5) is 5.69 Å². The summed E-state index contributed by atoms with van der Waals surface area (Å²) in [6.45, 7) is 2.05. The average molecular weight is 496 g/mol. The van der Waals surface area contributed by atoms with E-state index in [1.807, 2.05) is 19.1 Å². The lowest BCUT2D eigenvalue weighted by Crippen LogP contribution is -2.18. The second-order valence-corrected chi connectivity index (χ2v) is 10.2. The lowest BCUT2D eigenvalue weighted by atomic mass is 10.2. The average Bonchev–Trinajstić information content (AvgIpc) is 3.12. The van der Waals surface area contributed by atoms with Crippen molar-refractivity contribution in [2.45, 2.75) is 18.4 Å². The van der Waals surface area contributed by atoms with E-state index in [1.54, 1.807) is 34.9 Å². The number of benzene rings is 3. The summed E-state index contributed by atoms with van der Waals surface area (Å²) in [6, 6.07) is 18.2. The van der Waals surface area contributed by atoms with Crippen LogP contribution in [0.15, 0.2) is 76.6 Å². The van der Waals surface area contributed by atoms with Gasteiger partial charge < -0.3 is 4.57 Å². The van der Waals surface area contributed by atoms with Crippen LogP contribution in [0.1, 0.15) is 15.9 Å². The van der Waals surface area contributed by atoms with Gasteiger partial charge in [0.1, 0.15) is 0 Å². The standard InChI is InChI=1S/C24H18ClN3O3S2/c1-3-15-28-22-19(25)8-6-10-21(22)32-24(28)26-23(29)18-7-4-5-9-20(18)27-33(30,31)17-13-11-16(2)12-14-17/h1,4-14,27H,15H2,2H3. The highest BCUT2D eigenvalue weighted by Gasteiger charge is 2.19. The second-order valence-electron chi connectivity index (χ2n) is 7.14. The predicted molar refractivity (Wildman–Crippen MR) is 132 cm³/mol. The van der Waals surface area contributed by atoms with Gasteiger partial charge in [0.05, 0.1) is 37.9 Å². The summed E-state index contributed by atoms with van der Waals surface area (Å²) < 4.78 is 30.7. The third-order valence-electron chi connectivity index (χ3n) is 4.83. The number of carbonyl (C=O) groups is 1. The molecule has 1 amide bonds. The molecule has 3 aromatic carbocycles.